The summed E-state index contributed by atoms with van der Waals surface area (Å²) in [5.41, 5.74) is 12.4. The van der Waals surface area contributed by atoms with Gasteiger partial charge in [-0.1, -0.05) is 0 Å². The third kappa shape index (κ3) is 4.34. The molecule has 4 aromatic heterocycles. The average molecular weight is 577 g/mol. The summed E-state index contributed by atoms with van der Waals surface area (Å²) in [5.74, 6) is 3.25. The normalized spacial score (nSPS) is 21.3. The van der Waals surface area contributed by atoms with Gasteiger partial charge in [0.1, 0.15) is 22.7 Å². The van der Waals surface area contributed by atoms with Crippen molar-refractivity contribution in [3.8, 4) is 17.3 Å². The monoisotopic (exact) mass is 576 g/mol. The fourth-order valence-corrected chi connectivity index (χ4v) is 7.08. The molecule has 2 saturated carbocycles. The zero-order valence-corrected chi connectivity index (χ0v) is 24.7. The Morgan fingerprint density at radius 2 is 1.95 bits per heavy atom. The van der Waals surface area contributed by atoms with Crippen LogP contribution in [0.1, 0.15) is 41.7 Å². The summed E-state index contributed by atoms with van der Waals surface area (Å²) in [4.78, 5) is 30.2. The standard InChI is InChI=1S/C33H36N8O2/c1-18-4-9-23(15-35-18)36-28-11-8-20-13-26(40(31(20)38-28)16-19-5-6-19)32-37-24-12-22(14-27(43-3)30(24)39(32)2)33(42)41-17-21-7-10-25(41)29(21)34/h4,8-9,11-15,19,21,25,29H,5-7,10,16-17,34H2,1-3H3,(H,36,38)/t21?,25?,29-/m1/s1. The molecular formula is C33H36N8O2. The SMILES string of the molecule is COc1cc(C(=O)N2CC3CCC2[C@@H]3N)cc2nc(-c3cc4ccc(Nc5ccc(C)nc5)nc4n3CC3CC3)n(C)c12. The number of fused-ring (bicyclic) bond motifs is 4. The number of amides is 1. The number of rotatable bonds is 7. The van der Waals surface area contributed by atoms with Gasteiger partial charge in [0.05, 0.1) is 30.2 Å². The number of pyridine rings is 2. The molecule has 5 heterocycles. The first-order chi connectivity index (χ1) is 20.9. The third-order valence-corrected chi connectivity index (χ3v) is 9.61. The third-order valence-electron chi connectivity index (χ3n) is 9.61. The Labute approximate surface area is 249 Å². The second-order valence-corrected chi connectivity index (χ2v) is 12.5. The van der Waals surface area contributed by atoms with Crippen LogP contribution in [0.4, 0.5) is 11.5 Å². The van der Waals surface area contributed by atoms with Gasteiger partial charge in [-0.3, -0.25) is 9.78 Å². The van der Waals surface area contributed by atoms with Crippen LogP contribution in [-0.4, -0.2) is 60.6 Å². The number of nitrogens with two attached hydrogens (primary N) is 1. The van der Waals surface area contributed by atoms with Gasteiger partial charge < -0.3 is 29.8 Å². The minimum atomic E-state index is 0.00547. The smallest absolute Gasteiger partial charge is 0.254 e. The number of carbonyl (C=O) groups excluding carboxylic acids is 1. The highest BCUT2D eigenvalue weighted by atomic mass is 16.5. The first kappa shape index (κ1) is 26.2. The highest BCUT2D eigenvalue weighted by Crippen LogP contribution is 2.40. The molecular weight excluding hydrogens is 540 g/mol. The van der Waals surface area contributed by atoms with E-state index in [1.165, 1.54) is 12.8 Å². The maximum absolute atomic E-state index is 13.7. The Morgan fingerprint density at radius 1 is 1.09 bits per heavy atom. The second kappa shape index (κ2) is 9.80. The summed E-state index contributed by atoms with van der Waals surface area (Å²) >= 11 is 0. The average Bonchev–Trinajstić information content (AvgIpc) is 3.42. The predicted octanol–water partition coefficient (Wildman–Crippen LogP) is 5.02. The molecule has 1 aliphatic heterocycles. The molecule has 8 rings (SSSR count). The minimum absolute atomic E-state index is 0.00547. The van der Waals surface area contributed by atoms with E-state index < -0.39 is 0 Å². The molecule has 43 heavy (non-hydrogen) atoms. The molecule has 2 aliphatic carbocycles. The zero-order valence-electron chi connectivity index (χ0n) is 24.7. The fraction of sp³-hybridized carbons (Fsp3) is 0.394. The number of hydrogen-bond donors (Lipinski definition) is 2. The lowest BCUT2D eigenvalue weighted by Crippen LogP contribution is -2.41. The summed E-state index contributed by atoms with van der Waals surface area (Å²) in [7, 11) is 3.66. The molecule has 3 N–H and O–H groups in total. The largest absolute Gasteiger partial charge is 0.494 e. The summed E-state index contributed by atoms with van der Waals surface area (Å²) in [5, 5.41) is 4.46. The lowest BCUT2D eigenvalue weighted by Gasteiger charge is -2.27. The quantitative estimate of drug-likeness (QED) is 0.280. The number of aryl methyl sites for hydroxylation is 2. The number of carbonyl (C=O) groups is 1. The molecule has 3 atom stereocenters. The van der Waals surface area contributed by atoms with Crippen molar-refractivity contribution in [3.63, 3.8) is 0 Å². The number of ether oxygens (including phenoxy) is 1. The number of piperidine rings is 1. The van der Waals surface area contributed by atoms with Crippen LogP contribution in [0.5, 0.6) is 5.75 Å². The minimum Gasteiger partial charge on any atom is -0.494 e. The molecule has 1 aromatic carbocycles. The highest BCUT2D eigenvalue weighted by Gasteiger charge is 2.47. The maximum Gasteiger partial charge on any atom is 0.254 e. The van der Waals surface area contributed by atoms with Crippen LogP contribution in [0.15, 0.2) is 48.7 Å². The van der Waals surface area contributed by atoms with Gasteiger partial charge in [0.25, 0.3) is 5.91 Å². The van der Waals surface area contributed by atoms with Gasteiger partial charge in [0.15, 0.2) is 5.82 Å². The number of likely N-dealkylation sites (tertiary alicyclic amines) is 1. The Bertz CT molecular complexity index is 1890. The number of imidazole rings is 1. The first-order valence-electron chi connectivity index (χ1n) is 15.2. The number of hydrogen-bond acceptors (Lipinski definition) is 7. The summed E-state index contributed by atoms with van der Waals surface area (Å²) in [6, 6.07) is 14.2. The second-order valence-electron chi connectivity index (χ2n) is 12.5. The lowest BCUT2D eigenvalue weighted by atomic mass is 10.1. The molecule has 1 saturated heterocycles. The van der Waals surface area contributed by atoms with Gasteiger partial charge in [0, 0.05) is 48.9 Å². The molecule has 10 nitrogen and oxygen atoms in total. The molecule has 220 valence electrons. The van der Waals surface area contributed by atoms with Crippen LogP contribution in [-0.2, 0) is 13.6 Å². The molecule has 5 aromatic rings. The van der Waals surface area contributed by atoms with Crippen LogP contribution in [0.3, 0.4) is 0 Å². The van der Waals surface area contributed by atoms with E-state index in [0.29, 0.717) is 23.1 Å². The van der Waals surface area contributed by atoms with Crippen LogP contribution in [0.2, 0.25) is 0 Å². The van der Waals surface area contributed by atoms with Crippen LogP contribution >= 0.6 is 0 Å². The lowest BCUT2D eigenvalue weighted by molar-refractivity contribution is 0.0700. The number of benzene rings is 1. The van der Waals surface area contributed by atoms with E-state index in [4.69, 9.17) is 20.4 Å². The van der Waals surface area contributed by atoms with E-state index in [1.807, 2.05) is 55.4 Å². The van der Waals surface area contributed by atoms with Crippen molar-refractivity contribution in [1.82, 2.24) is 29.0 Å². The van der Waals surface area contributed by atoms with Gasteiger partial charge in [-0.2, -0.15) is 0 Å². The van der Waals surface area contributed by atoms with Gasteiger partial charge in [-0.15, -0.1) is 0 Å². The topological polar surface area (TPSA) is 116 Å². The Morgan fingerprint density at radius 3 is 2.65 bits per heavy atom. The van der Waals surface area contributed by atoms with E-state index in [2.05, 4.69) is 31.6 Å². The number of nitrogens with one attached hydrogen (secondary N) is 1. The molecule has 3 fully saturated rings. The number of methoxy groups -OCH3 is 1. The number of nitrogens with zero attached hydrogens (tertiary/aromatic N) is 6. The fourth-order valence-electron chi connectivity index (χ4n) is 7.08. The molecule has 0 spiro atoms. The van der Waals surface area contributed by atoms with Gasteiger partial charge in [-0.05, 0) is 86.9 Å². The van der Waals surface area contributed by atoms with E-state index in [1.54, 1.807) is 7.11 Å². The summed E-state index contributed by atoms with van der Waals surface area (Å²) in [6.07, 6.45) is 6.34. The molecule has 10 heteroatoms. The van der Waals surface area contributed by atoms with E-state index in [9.17, 15) is 4.79 Å². The van der Waals surface area contributed by atoms with E-state index in [-0.39, 0.29) is 18.0 Å². The van der Waals surface area contributed by atoms with Gasteiger partial charge in [-0.25, -0.2) is 9.97 Å². The first-order valence-corrected chi connectivity index (χ1v) is 15.2. The summed E-state index contributed by atoms with van der Waals surface area (Å²) < 4.78 is 10.2. The number of anilines is 2. The Hall–Kier alpha value is -4.44. The van der Waals surface area contributed by atoms with Crippen molar-refractivity contribution < 1.29 is 9.53 Å². The van der Waals surface area contributed by atoms with Crippen LogP contribution in [0, 0.1) is 18.8 Å². The number of aromatic nitrogens is 5. The van der Waals surface area contributed by atoms with Gasteiger partial charge in [0.2, 0.25) is 0 Å². The van der Waals surface area contributed by atoms with Crippen LogP contribution < -0.4 is 15.8 Å². The van der Waals surface area contributed by atoms with Crippen molar-refractivity contribution in [2.75, 3.05) is 19.0 Å². The zero-order chi connectivity index (χ0) is 29.4. The predicted molar refractivity (Wildman–Crippen MR) is 166 cm³/mol. The van der Waals surface area contributed by atoms with Crippen molar-refractivity contribution in [2.24, 2.45) is 24.6 Å². The van der Waals surface area contributed by atoms with Crippen molar-refractivity contribution >= 4 is 39.5 Å². The maximum atomic E-state index is 13.7. The molecule has 3 aliphatic rings. The highest BCUT2D eigenvalue weighted by molar-refractivity contribution is 6.00. The summed E-state index contributed by atoms with van der Waals surface area (Å²) in [6.45, 7) is 3.58. The van der Waals surface area contributed by atoms with Crippen molar-refractivity contribution in [3.05, 3.63) is 59.9 Å². The molecule has 2 unspecified atom stereocenters. The molecule has 1 amide bonds. The molecule has 2 bridgehead atoms. The van der Waals surface area contributed by atoms with Crippen molar-refractivity contribution in [1.29, 1.82) is 0 Å². The molecule has 0 radical (unpaired) electrons. The van der Waals surface area contributed by atoms with Crippen molar-refractivity contribution in [2.45, 2.75) is 51.2 Å². The van der Waals surface area contributed by atoms with Crippen LogP contribution in [0.25, 0.3) is 33.6 Å². The van der Waals surface area contributed by atoms with E-state index in [0.717, 1.165) is 76.7 Å². The Balaban J connectivity index is 1.20. The Kier molecular flexibility index (Phi) is 5.98. The van der Waals surface area contributed by atoms with Gasteiger partial charge >= 0.3 is 0 Å². The van der Waals surface area contributed by atoms with E-state index >= 15 is 0 Å².